The molecule has 0 aliphatic rings. The van der Waals surface area contributed by atoms with Gasteiger partial charge < -0.3 is 19.7 Å². The number of ether oxygens (including phenoxy) is 2. The Balaban J connectivity index is 6.63. The van der Waals surface area contributed by atoms with Crippen LogP contribution in [0.4, 0.5) is 0 Å². The molecular weight excluding hydrogens is 1090 g/mol. The highest BCUT2D eigenvalue weighted by Crippen LogP contribution is 2.41. The number of hydrogen-bond acceptors (Lipinski definition) is 9. The van der Waals surface area contributed by atoms with Crippen molar-refractivity contribution in [3.63, 3.8) is 0 Å². The Hall–Kier alpha value is -1.07. The molecule has 6 atom stereocenters. The molecule has 6 unspecified atom stereocenters. The third-order valence-corrected chi connectivity index (χ3v) is 21.5. The molecule has 0 amide bonds. The first-order valence-corrected chi connectivity index (χ1v) is 38.9. The zero-order chi connectivity index (χ0) is 61.3. The van der Waals surface area contributed by atoms with Crippen molar-refractivity contribution in [2.75, 3.05) is 6.61 Å². The van der Waals surface area contributed by atoms with Gasteiger partial charge in [-0.2, -0.15) is 11.8 Å². The smallest absolute Gasteiger partial charge is 0.319 e. The van der Waals surface area contributed by atoms with E-state index in [1.165, 1.54) is 269 Å². The van der Waals surface area contributed by atoms with E-state index in [4.69, 9.17) is 9.47 Å². The summed E-state index contributed by atoms with van der Waals surface area (Å²) in [5.41, 5.74) is -0.646. The fourth-order valence-corrected chi connectivity index (χ4v) is 15.4. The molecule has 0 bridgehead atoms. The van der Waals surface area contributed by atoms with Crippen molar-refractivity contribution in [2.24, 2.45) is 0 Å². The molecule has 0 aliphatic heterocycles. The average molecular weight is 1230 g/mol. The van der Waals surface area contributed by atoms with Crippen LogP contribution in [0.1, 0.15) is 389 Å². The van der Waals surface area contributed by atoms with Crippen LogP contribution >= 0.6 is 35.3 Å². The maximum atomic E-state index is 14.6. The van der Waals surface area contributed by atoms with Crippen LogP contribution in [0.3, 0.4) is 0 Å². The molecule has 0 fully saturated rings. The van der Waals surface area contributed by atoms with Gasteiger partial charge >= 0.3 is 23.9 Å². The van der Waals surface area contributed by atoms with Crippen LogP contribution < -0.4 is 0 Å². The van der Waals surface area contributed by atoms with Gasteiger partial charge in [-0.3, -0.25) is 19.2 Å². The van der Waals surface area contributed by atoms with Gasteiger partial charge in [-0.25, -0.2) is 0 Å². The monoisotopic (exact) mass is 1230 g/mol. The van der Waals surface area contributed by atoms with Gasteiger partial charge in [-0.05, 0) is 79.1 Å². The third kappa shape index (κ3) is 51.5. The Bertz CT molecular complexity index is 1430. The van der Waals surface area contributed by atoms with Crippen LogP contribution in [0.25, 0.3) is 0 Å². The van der Waals surface area contributed by atoms with E-state index in [9.17, 15) is 29.4 Å². The molecule has 8 nitrogen and oxygen atoms in total. The lowest BCUT2D eigenvalue weighted by atomic mass is 9.84. The van der Waals surface area contributed by atoms with Gasteiger partial charge in [0.05, 0.1) is 6.61 Å². The van der Waals surface area contributed by atoms with Crippen molar-refractivity contribution in [1.29, 1.82) is 0 Å². The summed E-state index contributed by atoms with van der Waals surface area (Å²) >= 11 is 4.39. The van der Waals surface area contributed by atoms with Gasteiger partial charge in [0.1, 0.15) is 26.6 Å². The summed E-state index contributed by atoms with van der Waals surface area (Å²) in [4.78, 5) is 51.5. The van der Waals surface area contributed by atoms with Crippen molar-refractivity contribution in [2.45, 2.75) is 426 Å². The van der Waals surface area contributed by atoms with E-state index in [0.29, 0.717) is 6.61 Å². The molecule has 0 aromatic heterocycles. The van der Waals surface area contributed by atoms with Crippen LogP contribution in [-0.4, -0.2) is 77.8 Å². The Morgan fingerprint density at radius 3 is 0.892 bits per heavy atom. The topological polar surface area (TPSA) is 127 Å². The molecular formula is C72H138O8S3. The lowest BCUT2D eigenvalue weighted by Crippen LogP contribution is -2.41. The summed E-state index contributed by atoms with van der Waals surface area (Å²) in [6.45, 7) is 16.3. The van der Waals surface area contributed by atoms with Crippen molar-refractivity contribution < 1.29 is 38.9 Å². The second-order valence-corrected chi connectivity index (χ2v) is 30.6. The van der Waals surface area contributed by atoms with E-state index in [2.05, 4.69) is 39.5 Å². The molecule has 0 saturated heterocycles. The van der Waals surface area contributed by atoms with Gasteiger partial charge in [0.2, 0.25) is 0 Å². The van der Waals surface area contributed by atoms with Crippen LogP contribution in [0, 0.1) is 0 Å². The predicted molar refractivity (Wildman–Crippen MR) is 366 cm³/mol. The number of aliphatic carboxylic acids is 2. The van der Waals surface area contributed by atoms with E-state index in [-0.39, 0.29) is 22.4 Å². The summed E-state index contributed by atoms with van der Waals surface area (Å²) in [7, 11) is 0. The van der Waals surface area contributed by atoms with Crippen LogP contribution in [0.15, 0.2) is 0 Å². The molecule has 0 saturated carbocycles. The SMILES string of the molecule is CCCCCCCCCCCCCCCCCCC(CCCCCCCCCCCCCCCCCC)(CC(CCCCCCCCC)SC(CCCCCCCCC)CCOC(=O)C(C)SC(C)C(=O)O)OC(=O)C(C)SC(C)C(=O)O. The lowest BCUT2D eigenvalue weighted by molar-refractivity contribution is -0.162. The van der Waals surface area contributed by atoms with E-state index in [1.807, 2.05) is 6.92 Å². The molecule has 0 radical (unpaired) electrons. The van der Waals surface area contributed by atoms with E-state index in [0.717, 1.165) is 88.8 Å². The largest absolute Gasteiger partial charge is 0.480 e. The first kappa shape index (κ1) is 81.9. The van der Waals surface area contributed by atoms with Crippen LogP contribution in [0.2, 0.25) is 0 Å². The molecule has 492 valence electrons. The van der Waals surface area contributed by atoms with Crippen molar-refractivity contribution >= 4 is 59.2 Å². The number of carboxylic acid groups (broad SMARTS) is 2. The quantitative estimate of drug-likeness (QED) is 0.0446. The summed E-state index contributed by atoms with van der Waals surface area (Å²) in [5, 5.41) is 17.4. The molecule has 0 aromatic carbocycles. The molecule has 0 aliphatic carbocycles. The van der Waals surface area contributed by atoms with Crippen LogP contribution in [-0.2, 0) is 28.7 Å². The van der Waals surface area contributed by atoms with Crippen LogP contribution in [0.5, 0.6) is 0 Å². The minimum absolute atomic E-state index is 0.248. The van der Waals surface area contributed by atoms with E-state index >= 15 is 0 Å². The Labute approximate surface area is 527 Å². The minimum atomic E-state index is -0.928. The van der Waals surface area contributed by atoms with Gasteiger partial charge in [-0.15, -0.1) is 23.5 Å². The lowest BCUT2D eigenvalue weighted by Gasteiger charge is -2.38. The van der Waals surface area contributed by atoms with E-state index in [1.54, 1.807) is 20.8 Å². The number of rotatable bonds is 66. The van der Waals surface area contributed by atoms with Gasteiger partial charge in [0, 0.05) is 10.5 Å². The molecule has 0 aromatic rings. The minimum Gasteiger partial charge on any atom is -0.480 e. The zero-order valence-electron chi connectivity index (χ0n) is 56.0. The summed E-state index contributed by atoms with van der Waals surface area (Å²) < 4.78 is 13.0. The zero-order valence-corrected chi connectivity index (χ0v) is 58.5. The molecule has 11 heteroatoms. The van der Waals surface area contributed by atoms with Crippen molar-refractivity contribution in [3.05, 3.63) is 0 Å². The van der Waals surface area contributed by atoms with Gasteiger partial charge in [0.15, 0.2) is 0 Å². The van der Waals surface area contributed by atoms with Gasteiger partial charge in [0.25, 0.3) is 0 Å². The fourth-order valence-electron chi connectivity index (χ4n) is 11.9. The molecule has 83 heavy (non-hydrogen) atoms. The number of carbonyl (C=O) groups excluding carboxylic acids is 2. The standard InChI is InChI=1S/C72H138O8S3/c1-9-13-17-21-25-27-29-31-33-35-37-39-41-45-49-53-58-72(80-71(78)65(8)82-63(6)69(75)76,59-54-50-46-42-40-38-36-34-32-30-28-26-22-18-14-10-2)61-67(56-52-48-44-24-20-16-12-4)83-66(55-51-47-43-23-19-15-11-3)57-60-79-70(77)64(7)81-62(5)68(73)74/h62-67H,9-61H2,1-8H3,(H,73,74)(H,75,76). The van der Waals surface area contributed by atoms with Crippen molar-refractivity contribution in [1.82, 2.24) is 0 Å². The fraction of sp³-hybridized carbons (Fsp3) is 0.944. The first-order chi connectivity index (χ1) is 40.2. The highest BCUT2D eigenvalue weighted by Gasteiger charge is 2.39. The summed E-state index contributed by atoms with van der Waals surface area (Å²) in [6.07, 6.45) is 64.4. The highest BCUT2D eigenvalue weighted by molar-refractivity contribution is 8.02. The van der Waals surface area contributed by atoms with E-state index < -0.39 is 38.5 Å². The predicted octanol–water partition coefficient (Wildman–Crippen LogP) is 23.8. The number of esters is 2. The Morgan fingerprint density at radius 2 is 0.590 bits per heavy atom. The number of hydrogen-bond donors (Lipinski definition) is 2. The second-order valence-electron chi connectivity index (χ2n) is 25.6. The number of unbranched alkanes of at least 4 members (excludes halogenated alkanes) is 42. The Morgan fingerprint density at radius 1 is 0.325 bits per heavy atom. The number of carbonyl (C=O) groups is 4. The maximum absolute atomic E-state index is 14.6. The molecule has 0 heterocycles. The maximum Gasteiger partial charge on any atom is 0.319 e. The summed E-state index contributed by atoms with van der Waals surface area (Å²) in [5.74, 6) is -2.46. The van der Waals surface area contributed by atoms with Crippen molar-refractivity contribution in [3.8, 4) is 0 Å². The third-order valence-electron chi connectivity index (χ3n) is 17.4. The average Bonchev–Trinajstić information content (AvgIpc) is 3.50. The second kappa shape index (κ2) is 59.9. The normalized spacial score (nSPS) is 14.1. The summed E-state index contributed by atoms with van der Waals surface area (Å²) in [6, 6.07) is 0. The molecule has 0 rings (SSSR count). The van der Waals surface area contributed by atoms with Gasteiger partial charge in [-0.1, -0.05) is 310 Å². The first-order valence-electron chi connectivity index (χ1n) is 36.1. The Kier molecular flexibility index (Phi) is 59.1. The molecule has 2 N–H and O–H groups in total. The number of thioether (sulfide) groups is 3. The highest BCUT2D eigenvalue weighted by atomic mass is 32.2. The molecule has 0 spiro atoms. The number of carboxylic acids is 2.